The first-order valence-corrected chi connectivity index (χ1v) is 5.81. The van der Waals surface area contributed by atoms with Crippen LogP contribution < -0.4 is 10.5 Å². The molecule has 5 nitrogen and oxygen atoms in total. The summed E-state index contributed by atoms with van der Waals surface area (Å²) in [7, 11) is 1.28. The molecule has 0 heterocycles. The molecule has 0 unspecified atom stereocenters. The molecule has 0 atom stereocenters. The lowest BCUT2D eigenvalue weighted by Crippen LogP contribution is -2.06. The van der Waals surface area contributed by atoms with Gasteiger partial charge in [-0.2, -0.15) is 5.26 Å². The molecular formula is C15H12N2O3. The molecule has 5 heteroatoms. The Bertz CT molecular complexity index is 690. The Labute approximate surface area is 116 Å². The number of benzene rings is 2. The normalized spacial score (nSPS) is 9.60. The largest absolute Gasteiger partial charge is 0.465 e. The zero-order chi connectivity index (χ0) is 14.5. The quantitative estimate of drug-likeness (QED) is 0.683. The Balaban J connectivity index is 2.40. The molecule has 2 rings (SSSR count). The average molecular weight is 268 g/mol. The maximum Gasteiger partial charge on any atom is 0.340 e. The molecule has 0 aromatic heterocycles. The zero-order valence-electron chi connectivity index (χ0n) is 10.8. The van der Waals surface area contributed by atoms with Crippen LogP contribution in [0.5, 0.6) is 11.5 Å². The van der Waals surface area contributed by atoms with Crippen LogP contribution in [-0.2, 0) is 4.74 Å². The number of ether oxygens (including phenoxy) is 2. The first-order valence-electron chi connectivity index (χ1n) is 5.81. The molecule has 0 spiro atoms. The Morgan fingerprint density at radius 3 is 2.55 bits per heavy atom. The molecule has 20 heavy (non-hydrogen) atoms. The Kier molecular flexibility index (Phi) is 3.87. The van der Waals surface area contributed by atoms with E-state index in [1.165, 1.54) is 7.11 Å². The van der Waals surface area contributed by atoms with E-state index in [0.717, 1.165) is 0 Å². The molecule has 0 saturated heterocycles. The number of nitrogens with two attached hydrogens (primary N) is 1. The summed E-state index contributed by atoms with van der Waals surface area (Å²) in [5, 5.41) is 9.01. The summed E-state index contributed by atoms with van der Waals surface area (Å²) in [6.45, 7) is 0. The first-order chi connectivity index (χ1) is 9.67. The summed E-state index contributed by atoms with van der Waals surface area (Å²) in [6, 6.07) is 13.6. The van der Waals surface area contributed by atoms with Gasteiger partial charge in [-0.3, -0.25) is 0 Å². The highest BCUT2D eigenvalue weighted by Gasteiger charge is 2.14. The third kappa shape index (κ3) is 2.54. The molecule has 2 aromatic carbocycles. The second-order valence-electron chi connectivity index (χ2n) is 3.92. The third-order valence-corrected chi connectivity index (χ3v) is 2.70. The van der Waals surface area contributed by atoms with E-state index in [1.807, 2.05) is 6.07 Å². The smallest absolute Gasteiger partial charge is 0.340 e. The van der Waals surface area contributed by atoms with Crippen LogP contribution in [0.1, 0.15) is 15.9 Å². The van der Waals surface area contributed by atoms with E-state index >= 15 is 0 Å². The SMILES string of the molecule is COC(=O)c1cccc(Oc2ccccc2C#N)c1N. The van der Waals surface area contributed by atoms with Gasteiger partial charge in [0.25, 0.3) is 0 Å². The third-order valence-electron chi connectivity index (χ3n) is 2.70. The van der Waals surface area contributed by atoms with Crippen molar-refractivity contribution in [3.8, 4) is 17.6 Å². The van der Waals surface area contributed by atoms with Gasteiger partial charge in [0.2, 0.25) is 0 Å². The molecule has 0 amide bonds. The molecule has 0 aliphatic rings. The minimum Gasteiger partial charge on any atom is -0.465 e. The number of rotatable bonds is 3. The van der Waals surface area contributed by atoms with Crippen LogP contribution in [-0.4, -0.2) is 13.1 Å². The number of nitriles is 1. The molecule has 2 aromatic rings. The number of methoxy groups -OCH3 is 1. The van der Waals surface area contributed by atoms with E-state index in [4.69, 9.17) is 15.7 Å². The number of hydrogen-bond acceptors (Lipinski definition) is 5. The van der Waals surface area contributed by atoms with Crippen molar-refractivity contribution < 1.29 is 14.3 Å². The maximum absolute atomic E-state index is 11.6. The molecule has 2 N–H and O–H groups in total. The number of nitrogens with zero attached hydrogens (tertiary/aromatic N) is 1. The summed E-state index contributed by atoms with van der Waals surface area (Å²) >= 11 is 0. The van der Waals surface area contributed by atoms with Crippen LogP contribution >= 0.6 is 0 Å². The topological polar surface area (TPSA) is 85.3 Å². The number of carbonyl (C=O) groups is 1. The van der Waals surface area contributed by atoms with E-state index in [0.29, 0.717) is 17.1 Å². The van der Waals surface area contributed by atoms with Crippen molar-refractivity contribution in [2.24, 2.45) is 0 Å². The lowest BCUT2D eigenvalue weighted by Gasteiger charge is -2.11. The monoisotopic (exact) mass is 268 g/mol. The second kappa shape index (κ2) is 5.76. The van der Waals surface area contributed by atoms with Gasteiger partial charge < -0.3 is 15.2 Å². The van der Waals surface area contributed by atoms with Crippen molar-refractivity contribution in [2.45, 2.75) is 0 Å². The Morgan fingerprint density at radius 1 is 1.15 bits per heavy atom. The van der Waals surface area contributed by atoms with Crippen molar-refractivity contribution in [3.05, 3.63) is 53.6 Å². The standard InChI is InChI=1S/C15H12N2O3/c1-19-15(18)11-6-4-8-13(14(11)17)20-12-7-3-2-5-10(12)9-16/h2-8H,17H2,1H3. The average Bonchev–Trinajstić information content (AvgIpc) is 2.49. The summed E-state index contributed by atoms with van der Waals surface area (Å²) < 4.78 is 10.3. The van der Waals surface area contributed by atoms with Crippen LogP contribution in [0.4, 0.5) is 5.69 Å². The number of para-hydroxylation sites is 2. The van der Waals surface area contributed by atoms with E-state index in [9.17, 15) is 4.79 Å². The van der Waals surface area contributed by atoms with Crippen molar-refractivity contribution in [1.82, 2.24) is 0 Å². The van der Waals surface area contributed by atoms with E-state index in [-0.39, 0.29) is 11.3 Å². The number of esters is 1. The fourth-order valence-corrected chi connectivity index (χ4v) is 1.69. The van der Waals surface area contributed by atoms with Gasteiger partial charge in [0, 0.05) is 0 Å². The molecule has 0 radical (unpaired) electrons. The molecular weight excluding hydrogens is 256 g/mol. The number of carbonyl (C=O) groups excluding carboxylic acids is 1. The molecule has 0 aliphatic heterocycles. The van der Waals surface area contributed by atoms with Crippen molar-refractivity contribution in [2.75, 3.05) is 12.8 Å². The highest BCUT2D eigenvalue weighted by molar-refractivity contribution is 5.96. The van der Waals surface area contributed by atoms with Crippen molar-refractivity contribution >= 4 is 11.7 Å². The summed E-state index contributed by atoms with van der Waals surface area (Å²) in [6.07, 6.45) is 0. The van der Waals surface area contributed by atoms with Gasteiger partial charge in [0.1, 0.15) is 11.8 Å². The molecule has 0 fully saturated rings. The highest BCUT2D eigenvalue weighted by Crippen LogP contribution is 2.31. The van der Waals surface area contributed by atoms with Gasteiger partial charge in [0.05, 0.1) is 23.9 Å². The minimum atomic E-state index is -0.540. The van der Waals surface area contributed by atoms with Gasteiger partial charge in [-0.15, -0.1) is 0 Å². The summed E-state index contributed by atoms with van der Waals surface area (Å²) in [5.41, 5.74) is 6.67. The summed E-state index contributed by atoms with van der Waals surface area (Å²) in [5.74, 6) is 0.140. The van der Waals surface area contributed by atoms with E-state index < -0.39 is 5.97 Å². The van der Waals surface area contributed by atoms with Gasteiger partial charge >= 0.3 is 5.97 Å². The van der Waals surface area contributed by atoms with Crippen LogP contribution in [0.2, 0.25) is 0 Å². The van der Waals surface area contributed by atoms with Crippen molar-refractivity contribution in [1.29, 1.82) is 5.26 Å². The molecule has 100 valence electrons. The fraction of sp³-hybridized carbons (Fsp3) is 0.0667. The number of hydrogen-bond donors (Lipinski definition) is 1. The predicted molar refractivity (Wildman–Crippen MR) is 73.4 cm³/mol. The van der Waals surface area contributed by atoms with E-state index in [2.05, 4.69) is 4.74 Å². The van der Waals surface area contributed by atoms with Crippen LogP contribution in [0.15, 0.2) is 42.5 Å². The number of nitrogen functional groups attached to an aromatic ring is 1. The van der Waals surface area contributed by atoms with Crippen LogP contribution in [0.25, 0.3) is 0 Å². The molecule has 0 bridgehead atoms. The molecule has 0 aliphatic carbocycles. The number of anilines is 1. The van der Waals surface area contributed by atoms with Crippen LogP contribution in [0.3, 0.4) is 0 Å². The minimum absolute atomic E-state index is 0.173. The second-order valence-corrected chi connectivity index (χ2v) is 3.92. The zero-order valence-corrected chi connectivity index (χ0v) is 10.8. The van der Waals surface area contributed by atoms with Crippen molar-refractivity contribution in [3.63, 3.8) is 0 Å². The van der Waals surface area contributed by atoms with Gasteiger partial charge in [-0.25, -0.2) is 4.79 Å². The van der Waals surface area contributed by atoms with E-state index in [1.54, 1.807) is 42.5 Å². The van der Waals surface area contributed by atoms with Gasteiger partial charge in [0.15, 0.2) is 5.75 Å². The fourth-order valence-electron chi connectivity index (χ4n) is 1.69. The highest BCUT2D eigenvalue weighted by atomic mass is 16.5. The predicted octanol–water partition coefficient (Wildman–Crippen LogP) is 2.72. The lowest BCUT2D eigenvalue weighted by atomic mass is 10.1. The Hall–Kier alpha value is -3.00. The van der Waals surface area contributed by atoms with Gasteiger partial charge in [-0.05, 0) is 24.3 Å². The van der Waals surface area contributed by atoms with Gasteiger partial charge in [-0.1, -0.05) is 18.2 Å². The lowest BCUT2D eigenvalue weighted by molar-refractivity contribution is 0.0601. The molecule has 0 saturated carbocycles. The Morgan fingerprint density at radius 2 is 1.85 bits per heavy atom. The van der Waals surface area contributed by atoms with Crippen LogP contribution in [0, 0.1) is 11.3 Å². The first kappa shape index (κ1) is 13.4. The summed E-state index contributed by atoms with van der Waals surface area (Å²) in [4.78, 5) is 11.6. The maximum atomic E-state index is 11.6.